The normalized spacial score (nSPS) is 11.7. The molecule has 0 bridgehead atoms. The second-order valence-electron chi connectivity index (χ2n) is 5.27. The average Bonchev–Trinajstić information content (AvgIpc) is 2.51. The number of rotatable bonds is 3. The lowest BCUT2D eigenvalue weighted by atomic mass is 9.94. The maximum absolute atomic E-state index is 5.91. The van der Waals surface area contributed by atoms with Crippen LogP contribution in [0.3, 0.4) is 0 Å². The summed E-state index contributed by atoms with van der Waals surface area (Å²) in [6, 6.07) is 19.5. The first-order valence-corrected chi connectivity index (χ1v) is 7.18. The third-order valence-electron chi connectivity index (χ3n) is 3.95. The summed E-state index contributed by atoms with van der Waals surface area (Å²) in [5.41, 5.74) is 0. The molecule has 0 saturated carbocycles. The van der Waals surface area contributed by atoms with Gasteiger partial charge in [-0.3, -0.25) is 0 Å². The molecule has 1 nitrogen and oxygen atoms in total. The van der Waals surface area contributed by atoms with Crippen LogP contribution in [0.2, 0.25) is 0 Å². The summed E-state index contributed by atoms with van der Waals surface area (Å²) in [6.07, 6.45) is 1.03. The van der Waals surface area contributed by atoms with Crippen molar-refractivity contribution in [1.29, 1.82) is 0 Å². The van der Waals surface area contributed by atoms with E-state index in [2.05, 4.69) is 61.5 Å². The first-order chi connectivity index (χ1) is 9.88. The minimum Gasteiger partial charge on any atom is -0.493 e. The Morgan fingerprint density at radius 1 is 0.750 bits per heavy atom. The summed E-state index contributed by atoms with van der Waals surface area (Å²) in [4.78, 5) is 0. The molecule has 4 aromatic rings. The fraction of sp³-hybridized carbons (Fsp3) is 0.158. The van der Waals surface area contributed by atoms with Crippen LogP contribution in [0.15, 0.2) is 54.6 Å². The summed E-state index contributed by atoms with van der Waals surface area (Å²) < 4.78 is 5.91. The van der Waals surface area contributed by atoms with Crippen LogP contribution in [0.25, 0.3) is 32.3 Å². The molecule has 20 heavy (non-hydrogen) atoms. The first kappa shape index (κ1) is 11.5. The number of benzene rings is 4. The smallest absolute Gasteiger partial charge is 0.127 e. The van der Waals surface area contributed by atoms with Crippen LogP contribution < -0.4 is 4.74 Å². The molecule has 0 atom stereocenters. The second kappa shape index (κ2) is 4.38. The maximum atomic E-state index is 5.91. The van der Waals surface area contributed by atoms with Crippen LogP contribution >= 0.6 is 0 Å². The number of ether oxygens (including phenoxy) is 1. The molecule has 0 radical (unpaired) electrons. The van der Waals surface area contributed by atoms with Gasteiger partial charge in [0.2, 0.25) is 0 Å². The zero-order valence-corrected chi connectivity index (χ0v) is 11.5. The summed E-state index contributed by atoms with van der Waals surface area (Å²) >= 11 is 0. The molecule has 0 aliphatic heterocycles. The highest BCUT2D eigenvalue weighted by Crippen LogP contribution is 2.38. The monoisotopic (exact) mass is 260 g/mol. The lowest BCUT2D eigenvalue weighted by Crippen LogP contribution is -1.96. The minimum atomic E-state index is 0.768. The van der Waals surface area contributed by atoms with Crippen molar-refractivity contribution in [2.45, 2.75) is 13.3 Å². The van der Waals surface area contributed by atoms with Crippen LogP contribution in [0.5, 0.6) is 5.75 Å². The van der Waals surface area contributed by atoms with Gasteiger partial charge in [0.15, 0.2) is 0 Å². The van der Waals surface area contributed by atoms with Gasteiger partial charge in [0.25, 0.3) is 0 Å². The molecule has 0 spiro atoms. The van der Waals surface area contributed by atoms with E-state index in [1.807, 2.05) is 0 Å². The highest BCUT2D eigenvalue weighted by Gasteiger charge is 2.10. The molecule has 1 heteroatoms. The topological polar surface area (TPSA) is 9.23 Å². The van der Waals surface area contributed by atoms with Crippen molar-refractivity contribution in [3.05, 3.63) is 54.6 Å². The van der Waals surface area contributed by atoms with Crippen LogP contribution in [0, 0.1) is 0 Å². The molecule has 4 aromatic carbocycles. The van der Waals surface area contributed by atoms with Gasteiger partial charge in [-0.25, -0.2) is 0 Å². The molecular formula is C19H16O. The summed E-state index contributed by atoms with van der Waals surface area (Å²) in [5, 5.41) is 7.79. The van der Waals surface area contributed by atoms with E-state index >= 15 is 0 Å². The predicted molar refractivity (Wildman–Crippen MR) is 85.9 cm³/mol. The van der Waals surface area contributed by atoms with E-state index in [9.17, 15) is 0 Å². The second-order valence-corrected chi connectivity index (χ2v) is 5.27. The predicted octanol–water partition coefficient (Wildman–Crippen LogP) is 5.37. The van der Waals surface area contributed by atoms with Crippen molar-refractivity contribution in [3.8, 4) is 5.75 Å². The summed E-state index contributed by atoms with van der Waals surface area (Å²) in [6.45, 7) is 2.90. The quantitative estimate of drug-likeness (QED) is 0.450. The Kier molecular flexibility index (Phi) is 2.53. The van der Waals surface area contributed by atoms with Crippen molar-refractivity contribution in [3.63, 3.8) is 0 Å². The fourth-order valence-electron chi connectivity index (χ4n) is 3.05. The molecule has 98 valence electrons. The number of hydrogen-bond donors (Lipinski definition) is 0. The average molecular weight is 260 g/mol. The third-order valence-corrected chi connectivity index (χ3v) is 3.95. The van der Waals surface area contributed by atoms with E-state index in [0.717, 1.165) is 18.8 Å². The standard InChI is InChI=1S/C19H16O/c1-2-12-20-17-11-9-15-7-6-13-4-3-5-14-8-10-16(17)19(15)18(13)14/h3-11H,2,12H2,1H3. The van der Waals surface area contributed by atoms with Crippen molar-refractivity contribution in [2.24, 2.45) is 0 Å². The van der Waals surface area contributed by atoms with E-state index in [-0.39, 0.29) is 0 Å². The molecule has 4 rings (SSSR count). The molecule has 0 aliphatic carbocycles. The first-order valence-electron chi connectivity index (χ1n) is 7.18. The largest absolute Gasteiger partial charge is 0.493 e. The fourth-order valence-corrected chi connectivity index (χ4v) is 3.05. The molecule has 0 unspecified atom stereocenters. The Morgan fingerprint density at radius 3 is 2.15 bits per heavy atom. The van der Waals surface area contributed by atoms with Crippen molar-refractivity contribution >= 4 is 32.3 Å². The van der Waals surface area contributed by atoms with E-state index < -0.39 is 0 Å². The van der Waals surface area contributed by atoms with Crippen LogP contribution in [-0.4, -0.2) is 6.61 Å². The van der Waals surface area contributed by atoms with Gasteiger partial charge in [-0.1, -0.05) is 49.4 Å². The van der Waals surface area contributed by atoms with Crippen LogP contribution in [0.1, 0.15) is 13.3 Å². The van der Waals surface area contributed by atoms with E-state index in [0.29, 0.717) is 0 Å². The van der Waals surface area contributed by atoms with Gasteiger partial charge < -0.3 is 4.74 Å². The van der Waals surface area contributed by atoms with Crippen molar-refractivity contribution < 1.29 is 4.74 Å². The Balaban J connectivity index is 2.14. The summed E-state index contributed by atoms with van der Waals surface area (Å²) in [5.74, 6) is 0.998. The third kappa shape index (κ3) is 1.56. The molecule has 0 N–H and O–H groups in total. The number of hydrogen-bond acceptors (Lipinski definition) is 1. The SMILES string of the molecule is CCCOc1ccc2ccc3cccc4ccc1c2c34. The van der Waals surface area contributed by atoms with E-state index in [4.69, 9.17) is 4.74 Å². The Bertz CT molecular complexity index is 876. The molecule has 0 fully saturated rings. The summed E-state index contributed by atoms with van der Waals surface area (Å²) in [7, 11) is 0. The molecule has 0 heterocycles. The van der Waals surface area contributed by atoms with Gasteiger partial charge in [0.1, 0.15) is 5.75 Å². The zero-order valence-electron chi connectivity index (χ0n) is 11.5. The van der Waals surface area contributed by atoms with E-state index in [1.165, 1.54) is 32.3 Å². The van der Waals surface area contributed by atoms with Gasteiger partial charge in [0, 0.05) is 10.8 Å². The molecule has 0 amide bonds. The molecule has 0 aromatic heterocycles. The van der Waals surface area contributed by atoms with Crippen molar-refractivity contribution in [2.75, 3.05) is 6.61 Å². The maximum Gasteiger partial charge on any atom is 0.127 e. The Hall–Kier alpha value is -2.28. The molecular weight excluding hydrogens is 244 g/mol. The van der Waals surface area contributed by atoms with E-state index in [1.54, 1.807) is 0 Å². The lowest BCUT2D eigenvalue weighted by molar-refractivity contribution is 0.321. The van der Waals surface area contributed by atoms with Gasteiger partial charge in [-0.2, -0.15) is 0 Å². The Labute approximate surface area is 118 Å². The lowest BCUT2D eigenvalue weighted by Gasteiger charge is -2.14. The zero-order chi connectivity index (χ0) is 13.5. The molecule has 0 aliphatic rings. The van der Waals surface area contributed by atoms with Gasteiger partial charge in [0.05, 0.1) is 6.61 Å². The van der Waals surface area contributed by atoms with Gasteiger partial charge in [-0.05, 0) is 40.1 Å². The van der Waals surface area contributed by atoms with Gasteiger partial charge >= 0.3 is 0 Å². The highest BCUT2D eigenvalue weighted by atomic mass is 16.5. The van der Waals surface area contributed by atoms with Gasteiger partial charge in [-0.15, -0.1) is 0 Å². The Morgan fingerprint density at radius 2 is 1.40 bits per heavy atom. The van der Waals surface area contributed by atoms with Crippen molar-refractivity contribution in [1.82, 2.24) is 0 Å². The van der Waals surface area contributed by atoms with Crippen LogP contribution in [-0.2, 0) is 0 Å². The minimum absolute atomic E-state index is 0.768. The molecule has 0 saturated heterocycles. The van der Waals surface area contributed by atoms with Crippen LogP contribution in [0.4, 0.5) is 0 Å². The highest BCUT2D eigenvalue weighted by molar-refractivity contribution is 6.24.